The lowest BCUT2D eigenvalue weighted by molar-refractivity contribution is -0.384. The van der Waals surface area contributed by atoms with E-state index < -0.39 is 4.92 Å². The Labute approximate surface area is 161 Å². The first-order chi connectivity index (χ1) is 12.4. The fourth-order valence-corrected chi connectivity index (χ4v) is 3.24. The Hall–Kier alpha value is -2.15. The summed E-state index contributed by atoms with van der Waals surface area (Å²) in [5.41, 5.74) is 1.20. The zero-order valence-electron chi connectivity index (χ0n) is 13.9. The van der Waals surface area contributed by atoms with Gasteiger partial charge in [-0.05, 0) is 23.8 Å². The van der Waals surface area contributed by atoms with Crippen molar-refractivity contribution in [3.05, 3.63) is 73.8 Å². The molecule has 1 fully saturated rings. The van der Waals surface area contributed by atoms with Crippen LogP contribution in [0.3, 0.4) is 0 Å². The molecule has 2 aromatic rings. The third kappa shape index (κ3) is 4.33. The van der Waals surface area contributed by atoms with Crippen molar-refractivity contribution in [3.63, 3.8) is 0 Å². The molecule has 0 aliphatic carbocycles. The first-order valence-corrected chi connectivity index (χ1v) is 8.89. The number of halogens is 2. The number of amides is 1. The van der Waals surface area contributed by atoms with Crippen molar-refractivity contribution in [2.24, 2.45) is 0 Å². The van der Waals surface area contributed by atoms with Crippen LogP contribution >= 0.6 is 23.2 Å². The van der Waals surface area contributed by atoms with Gasteiger partial charge >= 0.3 is 0 Å². The number of rotatable bonds is 4. The molecule has 1 amide bonds. The number of carbonyl (C=O) groups excluding carboxylic acids is 1. The van der Waals surface area contributed by atoms with Crippen molar-refractivity contribution < 1.29 is 9.72 Å². The average Bonchev–Trinajstić information content (AvgIpc) is 2.64. The summed E-state index contributed by atoms with van der Waals surface area (Å²) in [5.74, 6) is -0.273. The topological polar surface area (TPSA) is 66.7 Å². The number of piperazine rings is 1. The highest BCUT2D eigenvalue weighted by Crippen LogP contribution is 2.24. The van der Waals surface area contributed by atoms with Crippen LogP contribution in [0.2, 0.25) is 10.0 Å². The number of nitro benzene ring substituents is 1. The van der Waals surface area contributed by atoms with Crippen LogP contribution in [0.4, 0.5) is 5.69 Å². The molecule has 0 aromatic heterocycles. The molecule has 1 heterocycles. The SMILES string of the molecule is O=C(c1cc([N+](=O)[O-])ccc1Cl)N1CCN(Cc2ccc(Cl)cc2)CC1. The maximum absolute atomic E-state index is 12.7. The van der Waals surface area contributed by atoms with Gasteiger partial charge in [0.25, 0.3) is 11.6 Å². The van der Waals surface area contributed by atoms with Gasteiger partial charge in [-0.3, -0.25) is 19.8 Å². The van der Waals surface area contributed by atoms with Gasteiger partial charge in [-0.25, -0.2) is 0 Å². The molecule has 26 heavy (non-hydrogen) atoms. The van der Waals surface area contributed by atoms with Crippen molar-refractivity contribution in [1.29, 1.82) is 0 Å². The number of benzene rings is 2. The van der Waals surface area contributed by atoms with Crippen LogP contribution in [0.1, 0.15) is 15.9 Å². The molecule has 0 atom stereocenters. The summed E-state index contributed by atoms with van der Waals surface area (Å²) in [7, 11) is 0. The fraction of sp³-hybridized carbons (Fsp3) is 0.278. The number of carbonyl (C=O) groups is 1. The van der Waals surface area contributed by atoms with Crippen molar-refractivity contribution in [2.45, 2.75) is 6.54 Å². The van der Waals surface area contributed by atoms with Crippen molar-refractivity contribution in [3.8, 4) is 0 Å². The summed E-state index contributed by atoms with van der Waals surface area (Å²) in [6, 6.07) is 11.6. The number of nitro groups is 1. The van der Waals surface area contributed by atoms with Gasteiger partial charge in [0.1, 0.15) is 0 Å². The Balaban J connectivity index is 1.62. The van der Waals surface area contributed by atoms with Crippen molar-refractivity contribution >= 4 is 34.8 Å². The van der Waals surface area contributed by atoms with Crippen LogP contribution in [0, 0.1) is 10.1 Å². The molecule has 6 nitrogen and oxygen atoms in total. The Morgan fingerprint density at radius 2 is 1.69 bits per heavy atom. The third-order valence-electron chi connectivity index (χ3n) is 4.37. The number of nitrogens with zero attached hydrogens (tertiary/aromatic N) is 3. The van der Waals surface area contributed by atoms with E-state index in [-0.39, 0.29) is 22.2 Å². The van der Waals surface area contributed by atoms with Gasteiger partial charge in [0, 0.05) is 49.9 Å². The largest absolute Gasteiger partial charge is 0.336 e. The van der Waals surface area contributed by atoms with E-state index in [2.05, 4.69) is 4.90 Å². The van der Waals surface area contributed by atoms with E-state index in [0.29, 0.717) is 18.1 Å². The van der Waals surface area contributed by atoms with Crippen LogP contribution in [-0.2, 0) is 6.54 Å². The molecule has 1 saturated heterocycles. The van der Waals surface area contributed by atoms with Gasteiger partial charge in [0.2, 0.25) is 0 Å². The smallest absolute Gasteiger partial charge is 0.270 e. The molecule has 1 aliphatic rings. The van der Waals surface area contributed by atoms with Crippen LogP contribution in [-0.4, -0.2) is 46.8 Å². The maximum Gasteiger partial charge on any atom is 0.270 e. The zero-order valence-corrected chi connectivity index (χ0v) is 15.4. The summed E-state index contributed by atoms with van der Waals surface area (Å²) in [6.07, 6.45) is 0. The lowest BCUT2D eigenvalue weighted by atomic mass is 10.1. The lowest BCUT2D eigenvalue weighted by Crippen LogP contribution is -2.48. The van der Waals surface area contributed by atoms with Crippen LogP contribution in [0.5, 0.6) is 0 Å². The molecule has 3 rings (SSSR count). The van der Waals surface area contributed by atoms with Gasteiger partial charge in [-0.1, -0.05) is 35.3 Å². The quantitative estimate of drug-likeness (QED) is 0.584. The standard InChI is InChI=1S/C18H17Cl2N3O3/c19-14-3-1-13(2-4-14)12-21-7-9-22(10-8-21)18(24)16-11-15(23(25)26)5-6-17(16)20/h1-6,11H,7-10,12H2. The van der Waals surface area contributed by atoms with Gasteiger partial charge < -0.3 is 4.90 Å². The zero-order chi connectivity index (χ0) is 18.7. The first kappa shape index (κ1) is 18.6. The molecule has 0 bridgehead atoms. The Morgan fingerprint density at radius 3 is 2.31 bits per heavy atom. The monoisotopic (exact) mass is 393 g/mol. The molecule has 0 spiro atoms. The summed E-state index contributed by atoms with van der Waals surface area (Å²) < 4.78 is 0. The molecule has 8 heteroatoms. The Morgan fingerprint density at radius 1 is 1.04 bits per heavy atom. The predicted octanol–water partition coefficient (Wildman–Crippen LogP) is 3.86. The number of hydrogen-bond acceptors (Lipinski definition) is 4. The molecule has 1 aliphatic heterocycles. The number of non-ortho nitro benzene ring substituents is 1. The molecular formula is C18H17Cl2N3O3. The Bertz CT molecular complexity index is 819. The normalized spacial score (nSPS) is 15.1. The minimum absolute atomic E-state index is 0.140. The van der Waals surface area contributed by atoms with Gasteiger partial charge in [0.15, 0.2) is 0 Å². The second-order valence-electron chi connectivity index (χ2n) is 6.12. The van der Waals surface area contributed by atoms with E-state index in [1.165, 1.54) is 18.2 Å². The van der Waals surface area contributed by atoms with E-state index in [0.717, 1.165) is 25.2 Å². The van der Waals surface area contributed by atoms with E-state index in [9.17, 15) is 14.9 Å². The maximum atomic E-state index is 12.7. The van der Waals surface area contributed by atoms with Crippen LogP contribution < -0.4 is 0 Å². The summed E-state index contributed by atoms with van der Waals surface area (Å²) in [6.45, 7) is 3.33. The first-order valence-electron chi connectivity index (χ1n) is 8.14. The Kier molecular flexibility index (Phi) is 5.76. The van der Waals surface area contributed by atoms with E-state index in [1.807, 2.05) is 24.3 Å². The minimum atomic E-state index is -0.531. The lowest BCUT2D eigenvalue weighted by Gasteiger charge is -2.35. The highest BCUT2D eigenvalue weighted by atomic mass is 35.5. The van der Waals surface area contributed by atoms with Gasteiger partial charge in [-0.2, -0.15) is 0 Å². The molecule has 2 aromatic carbocycles. The molecule has 0 radical (unpaired) electrons. The second-order valence-corrected chi connectivity index (χ2v) is 6.96. The van der Waals surface area contributed by atoms with E-state index >= 15 is 0 Å². The van der Waals surface area contributed by atoms with Gasteiger partial charge in [-0.15, -0.1) is 0 Å². The molecule has 136 valence electrons. The second kappa shape index (κ2) is 8.03. The third-order valence-corrected chi connectivity index (χ3v) is 4.95. The predicted molar refractivity (Wildman–Crippen MR) is 101 cm³/mol. The summed E-state index contributed by atoms with van der Waals surface area (Å²) in [5, 5.41) is 11.9. The fourth-order valence-electron chi connectivity index (χ4n) is 2.92. The van der Waals surface area contributed by atoms with Crippen LogP contribution in [0.25, 0.3) is 0 Å². The van der Waals surface area contributed by atoms with Crippen molar-refractivity contribution in [1.82, 2.24) is 9.80 Å². The molecule has 0 saturated carbocycles. The number of hydrogen-bond donors (Lipinski definition) is 0. The van der Waals surface area contributed by atoms with Gasteiger partial charge in [0.05, 0.1) is 15.5 Å². The molecular weight excluding hydrogens is 377 g/mol. The van der Waals surface area contributed by atoms with Crippen LogP contribution in [0.15, 0.2) is 42.5 Å². The van der Waals surface area contributed by atoms with Crippen molar-refractivity contribution in [2.75, 3.05) is 26.2 Å². The summed E-state index contributed by atoms with van der Waals surface area (Å²) >= 11 is 12.0. The molecule has 0 unspecified atom stereocenters. The highest BCUT2D eigenvalue weighted by molar-refractivity contribution is 6.34. The summed E-state index contributed by atoms with van der Waals surface area (Å²) in [4.78, 5) is 27.0. The average molecular weight is 394 g/mol. The molecule has 0 N–H and O–H groups in total. The van der Waals surface area contributed by atoms with E-state index in [4.69, 9.17) is 23.2 Å². The highest BCUT2D eigenvalue weighted by Gasteiger charge is 2.25. The minimum Gasteiger partial charge on any atom is -0.336 e. The van der Waals surface area contributed by atoms with E-state index in [1.54, 1.807) is 4.90 Å².